The average molecular weight is 889 g/mol. The molecule has 1 aliphatic rings. The second kappa shape index (κ2) is 20.4. The maximum atomic E-state index is 14.8. The molecule has 20 heteroatoms. The van der Waals surface area contributed by atoms with Crippen LogP contribution in [-0.2, 0) is 33.9 Å². The zero-order valence-corrected chi connectivity index (χ0v) is 33.2. The Kier molecular flexibility index (Phi) is 16.1. The number of ketones is 1. The van der Waals surface area contributed by atoms with Crippen molar-refractivity contribution in [2.75, 3.05) is 40.5 Å². The molecule has 1 N–H and O–H groups in total. The number of nitrogens with zero attached hydrogens (tertiary/aromatic N) is 3. The number of hydrogen-bond acceptors (Lipinski definition) is 7. The van der Waals surface area contributed by atoms with E-state index in [-0.39, 0.29) is 98.1 Å². The Morgan fingerprint density at radius 3 is 1.63 bits per heavy atom. The van der Waals surface area contributed by atoms with Gasteiger partial charge in [-0.2, -0.15) is 0 Å². The summed E-state index contributed by atoms with van der Waals surface area (Å²) < 4.78 is 141. The van der Waals surface area contributed by atoms with E-state index in [1.807, 2.05) is 0 Å². The van der Waals surface area contributed by atoms with Crippen LogP contribution in [0.2, 0.25) is 0 Å². The number of ether oxygens (including phenoxy) is 4. The molecule has 3 aromatic carbocycles. The predicted molar refractivity (Wildman–Crippen MR) is 209 cm³/mol. The van der Waals surface area contributed by atoms with Crippen LogP contribution >= 0.6 is 0 Å². The van der Waals surface area contributed by atoms with Gasteiger partial charge in [0, 0.05) is 71.8 Å². The number of rotatable bonds is 13. The van der Waals surface area contributed by atoms with Gasteiger partial charge in [-0.1, -0.05) is 19.6 Å². The second-order valence-corrected chi connectivity index (χ2v) is 14.0. The van der Waals surface area contributed by atoms with Crippen LogP contribution in [0.1, 0.15) is 71.9 Å². The van der Waals surface area contributed by atoms with Crippen molar-refractivity contribution in [3.05, 3.63) is 94.6 Å². The number of carbonyl (C=O) groups excluding carboxylic acids is 3. The third kappa shape index (κ3) is 11.8. The molecule has 3 heterocycles. The fourth-order valence-corrected chi connectivity index (χ4v) is 7.13. The highest BCUT2D eigenvalue weighted by atomic mass is 19.4. The van der Waals surface area contributed by atoms with Gasteiger partial charge >= 0.3 is 12.7 Å². The topological polar surface area (TPSA) is 113 Å². The zero-order chi connectivity index (χ0) is 44.8. The molecule has 5 aromatic rings. The van der Waals surface area contributed by atoms with E-state index in [1.165, 1.54) is 60.6 Å². The molecule has 1 fully saturated rings. The summed E-state index contributed by atoms with van der Waals surface area (Å²) in [6, 6.07) is 8.07. The molecule has 11 nitrogen and oxygen atoms in total. The minimum absolute atomic E-state index is 0. The lowest BCUT2D eigenvalue weighted by Gasteiger charge is -2.32. The van der Waals surface area contributed by atoms with Crippen LogP contribution < -0.4 is 14.8 Å². The lowest BCUT2D eigenvalue weighted by Crippen LogP contribution is -2.38. The van der Waals surface area contributed by atoms with E-state index in [9.17, 15) is 53.9 Å². The van der Waals surface area contributed by atoms with Crippen LogP contribution in [0.4, 0.5) is 39.5 Å². The fourth-order valence-electron chi connectivity index (χ4n) is 7.13. The summed E-state index contributed by atoms with van der Waals surface area (Å²) in [6.07, 6.45) is -6.54. The molecule has 0 aliphatic carbocycles. The number of halogens is 9. The van der Waals surface area contributed by atoms with E-state index >= 15 is 0 Å². The van der Waals surface area contributed by atoms with Gasteiger partial charge in [0.25, 0.3) is 5.91 Å². The normalized spacial score (nSPS) is 13.4. The number of nitrogens with one attached hydrogen (secondary N) is 1. The maximum absolute atomic E-state index is 14.8. The molecule has 0 saturated carbocycles. The summed E-state index contributed by atoms with van der Waals surface area (Å²) in [5.41, 5.74) is 0.744. The Hall–Kier alpha value is -5.76. The number of hydrogen-bond donors (Lipinski definition) is 1. The second-order valence-electron chi connectivity index (χ2n) is 14.0. The van der Waals surface area contributed by atoms with Gasteiger partial charge in [-0.05, 0) is 67.1 Å². The van der Waals surface area contributed by atoms with Crippen LogP contribution in [0.5, 0.6) is 11.5 Å². The molecular formula is C42H45F9N4O7. The monoisotopic (exact) mass is 888 g/mol. The number of likely N-dealkylation sites (tertiary alicyclic amines) is 1. The number of alkyl halides is 6. The van der Waals surface area contributed by atoms with Gasteiger partial charge in [-0.15, -0.1) is 26.3 Å². The Balaban J connectivity index is 0.000000312. The van der Waals surface area contributed by atoms with Crippen LogP contribution in [0.25, 0.3) is 21.8 Å². The quantitative estimate of drug-likeness (QED) is 0.0927. The van der Waals surface area contributed by atoms with Crippen LogP contribution in [0.3, 0.4) is 0 Å². The smallest absolute Gasteiger partial charge is 0.405 e. The number of amides is 2. The van der Waals surface area contributed by atoms with Crippen molar-refractivity contribution in [2.45, 2.75) is 72.4 Å². The molecule has 1 aliphatic heterocycles. The first-order chi connectivity index (χ1) is 28.7. The van der Waals surface area contributed by atoms with Gasteiger partial charge in [0.05, 0.1) is 40.6 Å². The predicted octanol–water partition coefficient (Wildman–Crippen LogP) is 9.28. The fraction of sp³-hybridized carbons (Fsp3) is 0.405. The van der Waals surface area contributed by atoms with Gasteiger partial charge in [0.1, 0.15) is 29.0 Å². The van der Waals surface area contributed by atoms with Gasteiger partial charge in [0.15, 0.2) is 5.78 Å². The Morgan fingerprint density at radius 2 is 1.18 bits per heavy atom. The van der Waals surface area contributed by atoms with Crippen LogP contribution in [0.15, 0.2) is 54.9 Å². The van der Waals surface area contributed by atoms with Gasteiger partial charge in [-0.3, -0.25) is 14.4 Å². The van der Waals surface area contributed by atoms with E-state index < -0.39 is 53.4 Å². The summed E-state index contributed by atoms with van der Waals surface area (Å²) in [5, 5.41) is 2.21. The molecule has 2 amide bonds. The highest BCUT2D eigenvalue weighted by molar-refractivity contribution is 6.10. The number of fused-ring (bicyclic) bond motifs is 2. The Morgan fingerprint density at radius 1 is 0.710 bits per heavy atom. The highest BCUT2D eigenvalue weighted by Gasteiger charge is 2.36. The van der Waals surface area contributed by atoms with E-state index in [1.54, 1.807) is 12.1 Å². The molecule has 1 saturated heterocycles. The summed E-state index contributed by atoms with van der Waals surface area (Å²) in [4.78, 5) is 37.9. The number of benzene rings is 3. The minimum Gasteiger partial charge on any atom is -0.405 e. The van der Waals surface area contributed by atoms with Gasteiger partial charge < -0.3 is 38.3 Å². The summed E-state index contributed by atoms with van der Waals surface area (Å²) >= 11 is 0. The zero-order valence-electron chi connectivity index (χ0n) is 33.2. The molecular weight excluding hydrogens is 843 g/mol. The molecule has 2 aromatic heterocycles. The van der Waals surface area contributed by atoms with Crippen molar-refractivity contribution in [3.8, 4) is 11.5 Å². The lowest BCUT2D eigenvalue weighted by atomic mass is 9.88. The first-order valence-corrected chi connectivity index (χ1v) is 18.7. The molecule has 0 atom stereocenters. The maximum Gasteiger partial charge on any atom is 0.573 e. The van der Waals surface area contributed by atoms with Crippen LogP contribution in [0, 0.1) is 17.5 Å². The molecule has 338 valence electrons. The highest BCUT2D eigenvalue weighted by Crippen LogP contribution is 2.39. The molecule has 0 bridgehead atoms. The third-order valence-corrected chi connectivity index (χ3v) is 9.82. The molecule has 0 radical (unpaired) electrons. The van der Waals surface area contributed by atoms with Gasteiger partial charge in [0.2, 0.25) is 5.91 Å². The molecule has 62 heavy (non-hydrogen) atoms. The number of piperidine rings is 1. The average Bonchev–Trinajstić information content (AvgIpc) is 3.78. The molecule has 0 spiro atoms. The summed E-state index contributed by atoms with van der Waals surface area (Å²) in [7, 11) is 2.86. The minimum atomic E-state index is -5.05. The van der Waals surface area contributed by atoms with Crippen molar-refractivity contribution in [1.29, 1.82) is 0 Å². The third-order valence-electron chi connectivity index (χ3n) is 9.82. The lowest BCUT2D eigenvalue weighted by molar-refractivity contribution is -0.275. The van der Waals surface area contributed by atoms with E-state index in [2.05, 4.69) is 14.8 Å². The number of aromatic nitrogens is 2. The summed E-state index contributed by atoms with van der Waals surface area (Å²) in [6.45, 7) is 3.91. The SMILES string of the molecule is C.COCCn1cc(C(=O)N2CCC(c3cc(CNC(C)=O)ccc3F)CC2)c2c(OC(F)(F)F)ccc(F)c21.COCCn1cc(C(C)=O)c2c(OC(F)(F)F)ccc(F)c21. The van der Waals surface area contributed by atoms with Crippen molar-refractivity contribution in [1.82, 2.24) is 19.4 Å². The van der Waals surface area contributed by atoms with E-state index in [0.717, 1.165) is 29.8 Å². The Labute approximate surface area is 350 Å². The van der Waals surface area contributed by atoms with Crippen molar-refractivity contribution < 1.29 is 72.8 Å². The number of methoxy groups -OCH3 is 2. The Bertz CT molecular complexity index is 2380. The van der Waals surface area contributed by atoms with Gasteiger partial charge in [-0.25, -0.2) is 13.2 Å². The summed E-state index contributed by atoms with van der Waals surface area (Å²) in [5.74, 6) is -4.69. The van der Waals surface area contributed by atoms with Crippen molar-refractivity contribution in [3.63, 3.8) is 0 Å². The van der Waals surface area contributed by atoms with E-state index in [0.29, 0.717) is 18.4 Å². The first-order valence-electron chi connectivity index (χ1n) is 18.7. The number of carbonyl (C=O) groups is 3. The van der Waals surface area contributed by atoms with E-state index in [4.69, 9.17) is 9.47 Å². The molecule has 0 unspecified atom stereocenters. The van der Waals surface area contributed by atoms with Crippen LogP contribution in [-0.4, -0.2) is 84.9 Å². The first kappa shape index (κ1) is 48.9. The van der Waals surface area contributed by atoms with Crippen molar-refractivity contribution in [2.24, 2.45) is 0 Å². The largest absolute Gasteiger partial charge is 0.573 e. The van der Waals surface area contributed by atoms with Crippen molar-refractivity contribution >= 4 is 39.4 Å². The molecule has 6 rings (SSSR count). The number of Topliss-reactive ketones (excluding diaryl/α,β-unsaturated/α-hetero) is 1. The standard InChI is InChI=1S/C27H28F5N3O4.C14H13F4NO3.CH4/c1-16(36)33-14-17-3-4-21(28)19(13-17)18-7-9-34(10-8-18)26(37)20-15-35(11-12-38-2)25-22(29)5-6-23(24(20)25)39-27(30,31)32;1-8(20)9-7-19(5-6-21-2)13-10(15)3-4-11(12(9)13)22-14(16,17)18;/h3-6,13,15,18H,7-12,14H2,1-2H3,(H,33,36);3-4,7H,5-6H2,1-2H3;1H4.